The molecule has 0 heterocycles. The van der Waals surface area contributed by atoms with Crippen molar-refractivity contribution >= 4 is 17.6 Å². The molecule has 0 radical (unpaired) electrons. The third kappa shape index (κ3) is 2.67. The first kappa shape index (κ1) is 12.8. The molecule has 0 saturated heterocycles. The first-order valence-corrected chi connectivity index (χ1v) is 5.58. The largest absolute Gasteiger partial charge is 0.497 e. The molecule has 0 saturated carbocycles. The van der Waals surface area contributed by atoms with Crippen LogP contribution in [-0.2, 0) is 10.6 Å². The Hall–Kier alpha value is -1.22. The van der Waals surface area contributed by atoms with Crippen LogP contribution in [0.15, 0.2) is 12.1 Å². The van der Waals surface area contributed by atoms with Crippen molar-refractivity contribution in [2.45, 2.75) is 19.7 Å². The standard InChI is InChI=1S/C12H15ClO3/c1-4-16-12(14)11-8(2)5-10(15-3)6-9(11)7-13/h5-6H,4,7H2,1-3H3. The number of ether oxygens (including phenoxy) is 2. The molecule has 16 heavy (non-hydrogen) atoms. The first-order valence-electron chi connectivity index (χ1n) is 5.04. The van der Waals surface area contributed by atoms with E-state index < -0.39 is 0 Å². The molecule has 88 valence electrons. The van der Waals surface area contributed by atoms with E-state index in [1.165, 1.54) is 0 Å². The van der Waals surface area contributed by atoms with Gasteiger partial charge in [0.15, 0.2) is 0 Å². The molecule has 0 aliphatic heterocycles. The lowest BCUT2D eigenvalue weighted by Gasteiger charge is -2.11. The van der Waals surface area contributed by atoms with Gasteiger partial charge in [-0.3, -0.25) is 0 Å². The smallest absolute Gasteiger partial charge is 0.338 e. The van der Waals surface area contributed by atoms with Gasteiger partial charge in [0.05, 0.1) is 19.3 Å². The Morgan fingerprint density at radius 3 is 2.62 bits per heavy atom. The van der Waals surface area contributed by atoms with Gasteiger partial charge in [-0.15, -0.1) is 11.6 Å². The Labute approximate surface area is 100 Å². The lowest BCUT2D eigenvalue weighted by molar-refractivity contribution is 0.0524. The van der Waals surface area contributed by atoms with Crippen molar-refractivity contribution in [1.29, 1.82) is 0 Å². The molecular weight excluding hydrogens is 228 g/mol. The van der Waals surface area contributed by atoms with Gasteiger partial charge in [0.1, 0.15) is 5.75 Å². The fraction of sp³-hybridized carbons (Fsp3) is 0.417. The third-order valence-corrected chi connectivity index (χ3v) is 2.54. The van der Waals surface area contributed by atoms with Crippen molar-refractivity contribution in [2.24, 2.45) is 0 Å². The summed E-state index contributed by atoms with van der Waals surface area (Å²) in [6.07, 6.45) is 0. The molecule has 0 N–H and O–H groups in total. The maximum Gasteiger partial charge on any atom is 0.338 e. The number of benzene rings is 1. The van der Waals surface area contributed by atoms with E-state index in [4.69, 9.17) is 21.1 Å². The van der Waals surface area contributed by atoms with Crippen molar-refractivity contribution in [1.82, 2.24) is 0 Å². The number of esters is 1. The summed E-state index contributed by atoms with van der Waals surface area (Å²) in [5.74, 6) is 0.617. The number of rotatable bonds is 4. The lowest BCUT2D eigenvalue weighted by atomic mass is 10.0. The molecule has 0 fully saturated rings. The van der Waals surface area contributed by atoms with Gasteiger partial charge in [-0.25, -0.2) is 4.79 Å². The minimum Gasteiger partial charge on any atom is -0.497 e. The number of carbonyl (C=O) groups excluding carboxylic acids is 1. The number of hydrogen-bond donors (Lipinski definition) is 0. The highest BCUT2D eigenvalue weighted by Gasteiger charge is 2.16. The number of halogens is 1. The molecule has 0 aliphatic rings. The maximum absolute atomic E-state index is 11.7. The van der Waals surface area contributed by atoms with Gasteiger partial charge < -0.3 is 9.47 Å². The van der Waals surface area contributed by atoms with Gasteiger partial charge in [0.25, 0.3) is 0 Å². The number of hydrogen-bond acceptors (Lipinski definition) is 3. The van der Waals surface area contributed by atoms with E-state index in [0.29, 0.717) is 17.9 Å². The molecule has 1 rings (SSSR count). The van der Waals surface area contributed by atoms with Crippen LogP contribution in [0.25, 0.3) is 0 Å². The number of methoxy groups -OCH3 is 1. The highest BCUT2D eigenvalue weighted by molar-refractivity contribution is 6.17. The number of aryl methyl sites for hydroxylation is 1. The van der Waals surface area contributed by atoms with E-state index in [-0.39, 0.29) is 11.8 Å². The molecule has 1 aromatic rings. The molecule has 0 amide bonds. The Morgan fingerprint density at radius 2 is 2.12 bits per heavy atom. The van der Waals surface area contributed by atoms with E-state index in [2.05, 4.69) is 0 Å². The van der Waals surface area contributed by atoms with Gasteiger partial charge in [-0.2, -0.15) is 0 Å². The third-order valence-electron chi connectivity index (χ3n) is 2.25. The Bertz CT molecular complexity index is 388. The summed E-state index contributed by atoms with van der Waals surface area (Å²) in [7, 11) is 1.58. The summed E-state index contributed by atoms with van der Waals surface area (Å²) < 4.78 is 10.1. The summed E-state index contributed by atoms with van der Waals surface area (Å²) in [6, 6.07) is 3.55. The molecule has 0 aromatic heterocycles. The molecule has 3 nitrogen and oxygen atoms in total. The minimum absolute atomic E-state index is 0.256. The monoisotopic (exact) mass is 242 g/mol. The van der Waals surface area contributed by atoms with Crippen LogP contribution in [0.5, 0.6) is 5.75 Å². The normalized spacial score (nSPS) is 10.0. The van der Waals surface area contributed by atoms with Gasteiger partial charge in [-0.05, 0) is 37.1 Å². The van der Waals surface area contributed by atoms with Crippen LogP contribution in [0.4, 0.5) is 0 Å². The van der Waals surface area contributed by atoms with E-state index >= 15 is 0 Å². The Kier molecular flexibility index (Phi) is 4.62. The van der Waals surface area contributed by atoms with Crippen LogP contribution in [0.2, 0.25) is 0 Å². The number of alkyl halides is 1. The SMILES string of the molecule is CCOC(=O)c1c(C)cc(OC)cc1CCl. The zero-order chi connectivity index (χ0) is 12.1. The lowest BCUT2D eigenvalue weighted by Crippen LogP contribution is -2.10. The average molecular weight is 243 g/mol. The van der Waals surface area contributed by atoms with E-state index in [9.17, 15) is 4.79 Å². The zero-order valence-corrected chi connectivity index (χ0v) is 10.4. The van der Waals surface area contributed by atoms with E-state index in [1.54, 1.807) is 26.2 Å². The zero-order valence-electron chi connectivity index (χ0n) is 9.67. The molecule has 0 bridgehead atoms. The fourth-order valence-electron chi connectivity index (χ4n) is 1.54. The van der Waals surface area contributed by atoms with Crippen LogP contribution >= 0.6 is 11.6 Å². The van der Waals surface area contributed by atoms with Crippen LogP contribution in [0, 0.1) is 6.92 Å². The van der Waals surface area contributed by atoms with Crippen LogP contribution in [-0.4, -0.2) is 19.7 Å². The molecule has 0 aliphatic carbocycles. The molecule has 0 spiro atoms. The summed E-state index contributed by atoms with van der Waals surface area (Å²) >= 11 is 5.81. The van der Waals surface area contributed by atoms with Crippen LogP contribution < -0.4 is 4.74 Å². The molecule has 1 aromatic carbocycles. The second-order valence-electron chi connectivity index (χ2n) is 3.33. The molecular formula is C12H15ClO3. The van der Waals surface area contributed by atoms with Gasteiger partial charge >= 0.3 is 5.97 Å². The van der Waals surface area contributed by atoms with Crippen molar-refractivity contribution in [3.63, 3.8) is 0 Å². The maximum atomic E-state index is 11.7. The fourth-order valence-corrected chi connectivity index (χ4v) is 1.75. The summed E-state index contributed by atoms with van der Waals surface area (Å²) in [4.78, 5) is 11.7. The second kappa shape index (κ2) is 5.75. The Morgan fingerprint density at radius 1 is 1.44 bits per heavy atom. The predicted molar refractivity (Wildman–Crippen MR) is 63.2 cm³/mol. The highest BCUT2D eigenvalue weighted by atomic mass is 35.5. The topological polar surface area (TPSA) is 35.5 Å². The van der Waals surface area contributed by atoms with Gasteiger partial charge in [0.2, 0.25) is 0 Å². The van der Waals surface area contributed by atoms with Gasteiger partial charge in [0, 0.05) is 5.88 Å². The minimum atomic E-state index is -0.335. The second-order valence-corrected chi connectivity index (χ2v) is 3.60. The quantitative estimate of drug-likeness (QED) is 0.602. The van der Waals surface area contributed by atoms with Crippen molar-refractivity contribution in [2.75, 3.05) is 13.7 Å². The van der Waals surface area contributed by atoms with Crippen LogP contribution in [0.1, 0.15) is 28.4 Å². The van der Waals surface area contributed by atoms with E-state index in [0.717, 1.165) is 11.1 Å². The molecule has 0 atom stereocenters. The molecule has 4 heteroatoms. The highest BCUT2D eigenvalue weighted by Crippen LogP contribution is 2.24. The van der Waals surface area contributed by atoms with Crippen molar-refractivity contribution < 1.29 is 14.3 Å². The van der Waals surface area contributed by atoms with E-state index in [1.807, 2.05) is 6.92 Å². The Balaban J connectivity index is 3.21. The predicted octanol–water partition coefficient (Wildman–Crippen LogP) is 2.92. The summed E-state index contributed by atoms with van der Waals surface area (Å²) in [5.41, 5.74) is 2.09. The van der Waals surface area contributed by atoms with Crippen molar-refractivity contribution in [3.8, 4) is 5.75 Å². The molecule has 0 unspecified atom stereocenters. The van der Waals surface area contributed by atoms with Crippen LogP contribution in [0.3, 0.4) is 0 Å². The average Bonchev–Trinajstić information content (AvgIpc) is 2.27. The summed E-state index contributed by atoms with van der Waals surface area (Å²) in [6.45, 7) is 3.97. The number of carbonyl (C=O) groups is 1. The summed E-state index contributed by atoms with van der Waals surface area (Å²) in [5, 5.41) is 0. The van der Waals surface area contributed by atoms with Crippen molar-refractivity contribution in [3.05, 3.63) is 28.8 Å². The van der Waals surface area contributed by atoms with Gasteiger partial charge in [-0.1, -0.05) is 0 Å². The first-order chi connectivity index (χ1) is 7.63.